The van der Waals surface area contributed by atoms with E-state index in [9.17, 15) is 9.59 Å². The Morgan fingerprint density at radius 1 is 1.15 bits per heavy atom. The molecule has 0 unspecified atom stereocenters. The largest absolute Gasteiger partial charge is 0.342 e. The van der Waals surface area contributed by atoms with E-state index in [-0.39, 0.29) is 29.4 Å². The van der Waals surface area contributed by atoms with Crippen LogP contribution in [0.2, 0.25) is 0 Å². The fourth-order valence-electron chi connectivity index (χ4n) is 4.37. The van der Waals surface area contributed by atoms with Crippen LogP contribution >= 0.6 is 0 Å². The molecule has 0 radical (unpaired) electrons. The van der Waals surface area contributed by atoms with Crippen molar-refractivity contribution in [3.63, 3.8) is 0 Å². The molecule has 2 aliphatic rings. The predicted molar refractivity (Wildman–Crippen MR) is 107 cm³/mol. The van der Waals surface area contributed by atoms with Gasteiger partial charge < -0.3 is 9.80 Å². The van der Waals surface area contributed by atoms with Crippen LogP contribution in [0.5, 0.6) is 0 Å². The number of carbonyl (C=O) groups is 2. The molecule has 0 bridgehead atoms. The molecule has 1 spiro atoms. The Morgan fingerprint density at radius 3 is 2.33 bits per heavy atom. The number of nitrogens with zero attached hydrogens (tertiary/aromatic N) is 2. The maximum absolute atomic E-state index is 13.2. The number of hydrogen-bond donors (Lipinski definition) is 1. The molecule has 0 aliphatic carbocycles. The van der Waals surface area contributed by atoms with Crippen molar-refractivity contribution in [1.82, 2.24) is 15.1 Å². The van der Waals surface area contributed by atoms with Gasteiger partial charge in [-0.2, -0.15) is 0 Å². The number of hydrogen-bond acceptors (Lipinski definition) is 3. The van der Waals surface area contributed by atoms with Gasteiger partial charge in [0, 0.05) is 38.4 Å². The highest BCUT2D eigenvalue weighted by atomic mass is 16.2. The van der Waals surface area contributed by atoms with Crippen LogP contribution in [0.3, 0.4) is 0 Å². The predicted octanol–water partition coefficient (Wildman–Crippen LogP) is 3.01. The van der Waals surface area contributed by atoms with Crippen LogP contribution in [0, 0.1) is 11.8 Å². The molecule has 2 amide bonds. The Hall–Kier alpha value is -1.88. The zero-order chi connectivity index (χ0) is 19.6. The molecule has 2 aliphatic heterocycles. The van der Waals surface area contributed by atoms with E-state index in [1.807, 2.05) is 41.8 Å². The SMILES string of the molecule is CC(C)C[C@@H]1NC2(CCN(C(=O)C(C)C)CC2)N(Cc2ccccc2)C1=O. The van der Waals surface area contributed by atoms with Crippen molar-refractivity contribution < 1.29 is 9.59 Å². The van der Waals surface area contributed by atoms with Gasteiger partial charge in [0.2, 0.25) is 11.8 Å². The van der Waals surface area contributed by atoms with Crippen molar-refractivity contribution in [1.29, 1.82) is 0 Å². The lowest BCUT2D eigenvalue weighted by Gasteiger charge is -2.45. The summed E-state index contributed by atoms with van der Waals surface area (Å²) in [6, 6.07) is 10.1. The highest BCUT2D eigenvalue weighted by molar-refractivity contribution is 5.85. The van der Waals surface area contributed by atoms with Crippen LogP contribution < -0.4 is 5.32 Å². The van der Waals surface area contributed by atoms with Gasteiger partial charge in [-0.15, -0.1) is 0 Å². The summed E-state index contributed by atoms with van der Waals surface area (Å²) in [5, 5.41) is 3.68. The fraction of sp³-hybridized carbons (Fsp3) is 0.636. The molecule has 1 atom stereocenters. The number of rotatable bonds is 5. The summed E-state index contributed by atoms with van der Waals surface area (Å²) >= 11 is 0. The zero-order valence-electron chi connectivity index (χ0n) is 17.1. The van der Waals surface area contributed by atoms with Crippen LogP contribution in [-0.2, 0) is 16.1 Å². The maximum Gasteiger partial charge on any atom is 0.241 e. The monoisotopic (exact) mass is 371 g/mol. The normalized spacial score (nSPS) is 22.3. The fourth-order valence-corrected chi connectivity index (χ4v) is 4.37. The first-order valence-electron chi connectivity index (χ1n) is 10.2. The van der Waals surface area contributed by atoms with Crippen LogP contribution in [0.4, 0.5) is 0 Å². The van der Waals surface area contributed by atoms with Crippen molar-refractivity contribution >= 4 is 11.8 Å². The van der Waals surface area contributed by atoms with E-state index in [4.69, 9.17) is 0 Å². The minimum Gasteiger partial charge on any atom is -0.342 e. The minimum atomic E-state index is -0.333. The molecule has 1 N–H and O–H groups in total. The van der Waals surface area contributed by atoms with E-state index in [2.05, 4.69) is 31.3 Å². The number of likely N-dealkylation sites (tertiary alicyclic amines) is 1. The molecule has 1 aromatic rings. The van der Waals surface area contributed by atoms with Gasteiger partial charge in [-0.05, 0) is 17.9 Å². The standard InChI is InChI=1S/C22H33N3O2/c1-16(2)14-19-21(27)25(15-18-8-6-5-7-9-18)22(23-19)10-12-24(13-11-22)20(26)17(3)4/h5-9,16-17,19,23H,10-15H2,1-4H3/t19-/m0/s1. The zero-order valence-corrected chi connectivity index (χ0v) is 17.1. The molecule has 1 aromatic carbocycles. The molecule has 5 nitrogen and oxygen atoms in total. The highest BCUT2D eigenvalue weighted by Crippen LogP contribution is 2.35. The lowest BCUT2D eigenvalue weighted by atomic mass is 9.94. The first-order valence-corrected chi connectivity index (χ1v) is 10.2. The van der Waals surface area contributed by atoms with Gasteiger partial charge in [-0.1, -0.05) is 58.0 Å². The van der Waals surface area contributed by atoms with Crippen molar-refractivity contribution in [3.05, 3.63) is 35.9 Å². The van der Waals surface area contributed by atoms with Crippen LogP contribution in [-0.4, -0.2) is 46.4 Å². The Kier molecular flexibility index (Phi) is 5.89. The summed E-state index contributed by atoms with van der Waals surface area (Å²) in [6.07, 6.45) is 2.43. The smallest absolute Gasteiger partial charge is 0.241 e. The summed E-state index contributed by atoms with van der Waals surface area (Å²) in [5.74, 6) is 0.896. The van der Waals surface area contributed by atoms with Crippen molar-refractivity contribution in [2.45, 2.75) is 65.2 Å². The number of piperidine rings is 1. The molecular formula is C22H33N3O2. The number of amides is 2. The lowest BCUT2D eigenvalue weighted by molar-refractivity contribution is -0.139. The average molecular weight is 372 g/mol. The average Bonchev–Trinajstić information content (AvgIpc) is 2.87. The third-order valence-corrected chi connectivity index (χ3v) is 5.81. The van der Waals surface area contributed by atoms with Crippen molar-refractivity contribution in [3.8, 4) is 0 Å². The topological polar surface area (TPSA) is 52.7 Å². The van der Waals surface area contributed by atoms with Crippen molar-refractivity contribution in [2.75, 3.05) is 13.1 Å². The van der Waals surface area contributed by atoms with E-state index >= 15 is 0 Å². The second kappa shape index (κ2) is 8.01. The highest BCUT2D eigenvalue weighted by Gasteiger charge is 2.51. The molecule has 5 heteroatoms. The summed E-state index contributed by atoms with van der Waals surface area (Å²) in [6.45, 7) is 10.2. The summed E-state index contributed by atoms with van der Waals surface area (Å²) < 4.78 is 0. The molecule has 27 heavy (non-hydrogen) atoms. The quantitative estimate of drug-likeness (QED) is 0.866. The minimum absolute atomic E-state index is 0.0198. The Labute approximate surface area is 163 Å². The van der Waals surface area contributed by atoms with Gasteiger partial charge in [-0.3, -0.25) is 14.9 Å². The third-order valence-electron chi connectivity index (χ3n) is 5.81. The lowest BCUT2D eigenvalue weighted by Crippen LogP contribution is -2.59. The first kappa shape index (κ1) is 19.9. The Bertz CT molecular complexity index is 663. The number of benzene rings is 1. The molecule has 148 valence electrons. The van der Waals surface area contributed by atoms with Crippen molar-refractivity contribution in [2.24, 2.45) is 11.8 Å². The van der Waals surface area contributed by atoms with Gasteiger partial charge in [0.05, 0.1) is 11.7 Å². The van der Waals surface area contributed by atoms with Gasteiger partial charge in [0.25, 0.3) is 0 Å². The van der Waals surface area contributed by atoms with Gasteiger partial charge in [0.15, 0.2) is 0 Å². The molecule has 2 heterocycles. The van der Waals surface area contributed by atoms with E-state index in [0.29, 0.717) is 25.6 Å². The van der Waals surface area contributed by atoms with E-state index < -0.39 is 0 Å². The number of carbonyl (C=O) groups excluding carboxylic acids is 2. The molecule has 3 rings (SSSR count). The Balaban J connectivity index is 1.80. The second-order valence-corrected chi connectivity index (χ2v) is 8.75. The van der Waals surface area contributed by atoms with Gasteiger partial charge >= 0.3 is 0 Å². The Morgan fingerprint density at radius 2 is 1.78 bits per heavy atom. The first-order chi connectivity index (χ1) is 12.8. The molecular weight excluding hydrogens is 338 g/mol. The number of nitrogens with one attached hydrogen (secondary N) is 1. The molecule has 2 saturated heterocycles. The van der Waals surface area contributed by atoms with Crippen LogP contribution in [0.25, 0.3) is 0 Å². The van der Waals surface area contributed by atoms with E-state index in [1.165, 1.54) is 0 Å². The third kappa shape index (κ3) is 4.18. The summed E-state index contributed by atoms with van der Waals surface area (Å²) in [7, 11) is 0. The summed E-state index contributed by atoms with van der Waals surface area (Å²) in [4.78, 5) is 29.6. The molecule has 0 saturated carbocycles. The van der Waals surface area contributed by atoms with Gasteiger partial charge in [0.1, 0.15) is 0 Å². The van der Waals surface area contributed by atoms with Crippen LogP contribution in [0.15, 0.2) is 30.3 Å². The maximum atomic E-state index is 13.2. The molecule has 2 fully saturated rings. The second-order valence-electron chi connectivity index (χ2n) is 8.75. The van der Waals surface area contributed by atoms with E-state index in [1.54, 1.807) is 0 Å². The van der Waals surface area contributed by atoms with Crippen LogP contribution in [0.1, 0.15) is 52.5 Å². The van der Waals surface area contributed by atoms with E-state index in [0.717, 1.165) is 24.8 Å². The molecule has 0 aromatic heterocycles. The summed E-state index contributed by atoms with van der Waals surface area (Å²) in [5.41, 5.74) is 0.818. The van der Waals surface area contributed by atoms with Gasteiger partial charge in [-0.25, -0.2) is 0 Å².